The third kappa shape index (κ3) is 4.44. The van der Waals surface area contributed by atoms with Crippen LogP contribution in [0.25, 0.3) is 10.8 Å². The summed E-state index contributed by atoms with van der Waals surface area (Å²) in [4.78, 5) is 12.7. The van der Waals surface area contributed by atoms with Crippen LogP contribution in [0.3, 0.4) is 0 Å². The smallest absolute Gasteiger partial charge is 0.262 e. The molecule has 1 amide bonds. The predicted octanol–water partition coefficient (Wildman–Crippen LogP) is 5.46. The number of fused-ring (bicyclic) bond motifs is 1. The molecule has 0 fully saturated rings. The molecule has 0 saturated heterocycles. The third-order valence-corrected chi connectivity index (χ3v) is 6.51. The zero-order valence-electron chi connectivity index (χ0n) is 17.0. The first-order valence-corrected chi connectivity index (χ1v) is 11.5. The minimum Gasteiger partial charge on any atom is -0.321 e. The van der Waals surface area contributed by atoms with Gasteiger partial charge in [-0.05, 0) is 48.4 Å². The van der Waals surface area contributed by atoms with Crippen molar-refractivity contribution in [1.29, 1.82) is 0 Å². The van der Waals surface area contributed by atoms with E-state index in [-0.39, 0.29) is 10.8 Å². The van der Waals surface area contributed by atoms with Crippen molar-refractivity contribution >= 4 is 38.1 Å². The van der Waals surface area contributed by atoms with Gasteiger partial charge in [-0.1, -0.05) is 61.5 Å². The molecule has 2 N–H and O–H groups in total. The third-order valence-electron chi connectivity index (χ3n) is 5.07. The van der Waals surface area contributed by atoms with Crippen LogP contribution < -0.4 is 10.0 Å². The van der Waals surface area contributed by atoms with Crippen molar-refractivity contribution < 1.29 is 13.2 Å². The van der Waals surface area contributed by atoms with Crippen molar-refractivity contribution in [2.24, 2.45) is 0 Å². The minimum absolute atomic E-state index is 0.153. The molecule has 0 spiro atoms. The van der Waals surface area contributed by atoms with E-state index in [2.05, 4.69) is 10.0 Å². The van der Waals surface area contributed by atoms with Crippen LogP contribution in [0.5, 0.6) is 0 Å². The molecule has 4 aromatic carbocycles. The Hall–Kier alpha value is -3.64. The maximum Gasteiger partial charge on any atom is 0.262 e. The summed E-state index contributed by atoms with van der Waals surface area (Å²) in [7, 11) is -3.82. The van der Waals surface area contributed by atoms with Crippen LogP contribution in [0.2, 0.25) is 0 Å². The maximum atomic E-state index is 13.1. The lowest BCUT2D eigenvalue weighted by atomic mass is 10.1. The Morgan fingerprint density at radius 2 is 1.42 bits per heavy atom. The van der Waals surface area contributed by atoms with E-state index in [9.17, 15) is 13.2 Å². The summed E-state index contributed by atoms with van der Waals surface area (Å²) in [6.07, 6.45) is 0.883. The summed E-state index contributed by atoms with van der Waals surface area (Å²) in [5, 5.41) is 4.07. The second-order valence-electron chi connectivity index (χ2n) is 7.13. The number of aryl methyl sites for hydroxylation is 1. The average molecular weight is 431 g/mol. The van der Waals surface area contributed by atoms with Gasteiger partial charge in [0.15, 0.2) is 0 Å². The van der Waals surface area contributed by atoms with Gasteiger partial charge in [0.05, 0.1) is 4.90 Å². The van der Waals surface area contributed by atoms with Crippen LogP contribution in [0.4, 0.5) is 11.4 Å². The summed E-state index contributed by atoms with van der Waals surface area (Å²) >= 11 is 0. The highest BCUT2D eigenvalue weighted by atomic mass is 32.2. The monoisotopic (exact) mass is 430 g/mol. The first-order valence-electron chi connectivity index (χ1n) is 9.98. The average Bonchev–Trinajstić information content (AvgIpc) is 2.80. The van der Waals surface area contributed by atoms with Crippen LogP contribution in [0.15, 0.2) is 95.9 Å². The lowest BCUT2D eigenvalue weighted by Gasteiger charge is -2.14. The van der Waals surface area contributed by atoms with Gasteiger partial charge in [-0.15, -0.1) is 0 Å². The molecule has 0 aliphatic rings. The number of carbonyl (C=O) groups excluding carboxylic acids is 1. The highest BCUT2D eigenvalue weighted by molar-refractivity contribution is 7.93. The van der Waals surface area contributed by atoms with Crippen molar-refractivity contribution in [3.05, 3.63) is 102 Å². The Kier molecular flexibility index (Phi) is 5.73. The molecule has 0 atom stereocenters. The van der Waals surface area contributed by atoms with Gasteiger partial charge in [-0.2, -0.15) is 0 Å². The fraction of sp³-hybridized carbons (Fsp3) is 0.0800. The number of hydrogen-bond donors (Lipinski definition) is 2. The summed E-state index contributed by atoms with van der Waals surface area (Å²) in [5.41, 5.74) is 2.71. The molecular weight excluding hydrogens is 408 g/mol. The fourth-order valence-corrected chi connectivity index (χ4v) is 4.69. The Balaban J connectivity index is 1.69. The Morgan fingerprint density at radius 1 is 0.774 bits per heavy atom. The molecule has 0 aliphatic heterocycles. The number of amides is 1. The number of sulfonamides is 1. The normalized spacial score (nSPS) is 11.3. The molecule has 31 heavy (non-hydrogen) atoms. The quantitative estimate of drug-likeness (QED) is 0.427. The Labute approximate surface area is 181 Å². The molecule has 0 aromatic heterocycles. The van der Waals surface area contributed by atoms with Crippen LogP contribution in [0.1, 0.15) is 22.8 Å². The summed E-state index contributed by atoms with van der Waals surface area (Å²) in [5.74, 6) is -0.254. The van der Waals surface area contributed by atoms with Crippen LogP contribution in [-0.4, -0.2) is 14.3 Å². The van der Waals surface area contributed by atoms with E-state index in [0.717, 1.165) is 12.0 Å². The fourth-order valence-electron chi connectivity index (χ4n) is 3.42. The van der Waals surface area contributed by atoms with Crippen LogP contribution in [-0.2, 0) is 16.4 Å². The number of carbonyl (C=O) groups is 1. The second kappa shape index (κ2) is 8.62. The highest BCUT2D eigenvalue weighted by Gasteiger charge is 2.19. The number of hydrogen-bond acceptors (Lipinski definition) is 3. The van der Waals surface area contributed by atoms with Crippen LogP contribution in [0, 0.1) is 0 Å². The first kappa shape index (κ1) is 20.6. The van der Waals surface area contributed by atoms with Crippen LogP contribution >= 0.6 is 0 Å². The van der Waals surface area contributed by atoms with Gasteiger partial charge in [0.1, 0.15) is 0 Å². The van der Waals surface area contributed by atoms with E-state index in [1.807, 2.05) is 31.2 Å². The molecule has 0 saturated carbocycles. The maximum absolute atomic E-state index is 13.1. The van der Waals surface area contributed by atoms with Gasteiger partial charge >= 0.3 is 0 Å². The summed E-state index contributed by atoms with van der Waals surface area (Å²) < 4.78 is 28.9. The van der Waals surface area contributed by atoms with E-state index in [1.165, 1.54) is 6.07 Å². The van der Waals surface area contributed by atoms with Crippen molar-refractivity contribution in [1.82, 2.24) is 0 Å². The molecular formula is C25H22N2O3S. The molecule has 0 unspecified atom stereocenters. The number of rotatable bonds is 6. The second-order valence-corrected chi connectivity index (χ2v) is 8.78. The molecule has 156 valence electrons. The largest absolute Gasteiger partial charge is 0.321 e. The lowest BCUT2D eigenvalue weighted by molar-refractivity contribution is 0.102. The lowest BCUT2D eigenvalue weighted by Crippen LogP contribution is -2.15. The van der Waals surface area contributed by atoms with Crippen molar-refractivity contribution in [3.63, 3.8) is 0 Å². The molecule has 4 aromatic rings. The summed E-state index contributed by atoms with van der Waals surface area (Å²) in [6, 6.07) is 26.5. The van der Waals surface area contributed by atoms with E-state index in [4.69, 9.17) is 0 Å². The van der Waals surface area contributed by atoms with Gasteiger partial charge in [-0.3, -0.25) is 9.52 Å². The molecule has 5 nitrogen and oxygen atoms in total. The standard InChI is InChI=1S/C25H22N2O3S/c1-2-18-12-14-20(15-13-18)27-31(29,30)24-17-16-23(21-10-6-7-11-22(21)24)26-25(28)19-8-4-3-5-9-19/h3-17,27H,2H2,1H3,(H,26,28). The summed E-state index contributed by atoms with van der Waals surface area (Å²) in [6.45, 7) is 2.05. The van der Waals surface area contributed by atoms with Gasteiger partial charge in [0.25, 0.3) is 15.9 Å². The van der Waals surface area contributed by atoms with Crippen molar-refractivity contribution in [2.75, 3.05) is 10.0 Å². The number of nitrogens with one attached hydrogen (secondary N) is 2. The van der Waals surface area contributed by atoms with E-state index < -0.39 is 10.0 Å². The topological polar surface area (TPSA) is 75.3 Å². The predicted molar refractivity (Wildman–Crippen MR) is 125 cm³/mol. The molecule has 4 rings (SSSR count). The van der Waals surface area contributed by atoms with Gasteiger partial charge < -0.3 is 5.32 Å². The van der Waals surface area contributed by atoms with E-state index >= 15 is 0 Å². The zero-order chi connectivity index (χ0) is 21.8. The zero-order valence-corrected chi connectivity index (χ0v) is 17.8. The minimum atomic E-state index is -3.82. The SMILES string of the molecule is CCc1ccc(NS(=O)(=O)c2ccc(NC(=O)c3ccccc3)c3ccccc23)cc1. The molecule has 0 radical (unpaired) electrons. The van der Waals surface area contributed by atoms with Gasteiger partial charge in [-0.25, -0.2) is 8.42 Å². The van der Waals surface area contributed by atoms with E-state index in [0.29, 0.717) is 27.7 Å². The van der Waals surface area contributed by atoms with E-state index in [1.54, 1.807) is 60.7 Å². The molecule has 6 heteroatoms. The van der Waals surface area contributed by atoms with Gasteiger partial charge in [0.2, 0.25) is 0 Å². The number of benzene rings is 4. The first-order chi connectivity index (χ1) is 15.0. The van der Waals surface area contributed by atoms with Crippen molar-refractivity contribution in [3.8, 4) is 0 Å². The van der Waals surface area contributed by atoms with Crippen molar-refractivity contribution in [2.45, 2.75) is 18.2 Å². The highest BCUT2D eigenvalue weighted by Crippen LogP contribution is 2.31. The Morgan fingerprint density at radius 3 is 2.10 bits per heavy atom. The molecule has 0 aliphatic carbocycles. The number of anilines is 2. The van der Waals surface area contributed by atoms with Gasteiger partial charge in [0, 0.05) is 27.7 Å². The molecule has 0 bridgehead atoms. The Bertz CT molecular complexity index is 1330. The molecule has 0 heterocycles.